The molecule has 0 radical (unpaired) electrons. The molecule has 0 N–H and O–H groups in total. The monoisotopic (exact) mass is 533 g/mol. The van der Waals surface area contributed by atoms with Crippen molar-refractivity contribution in [2.45, 2.75) is 12.1 Å². The molecule has 0 aliphatic carbocycles. The second kappa shape index (κ2) is 12.8. The second-order valence-electron chi connectivity index (χ2n) is 6.75. The number of aromatic nitrogens is 1. The van der Waals surface area contributed by atoms with Gasteiger partial charge in [-0.25, -0.2) is 15.0 Å². The summed E-state index contributed by atoms with van der Waals surface area (Å²) < 4.78 is 11.6. The average molecular weight is 535 g/mol. The van der Waals surface area contributed by atoms with Crippen molar-refractivity contribution in [2.75, 3.05) is 13.2 Å². The van der Waals surface area contributed by atoms with Gasteiger partial charge in [-0.15, -0.1) is 0 Å². The van der Waals surface area contributed by atoms with Gasteiger partial charge in [-0.05, 0) is 23.3 Å². The largest absolute Gasteiger partial charge is 3.00 e. The summed E-state index contributed by atoms with van der Waals surface area (Å²) in [5.41, 5.74) is 3.68. The molecule has 3 aromatic rings. The minimum atomic E-state index is 0. The summed E-state index contributed by atoms with van der Waals surface area (Å²) >= 11 is 0. The third-order valence-corrected chi connectivity index (χ3v) is 4.86. The zero-order chi connectivity index (χ0) is 18.8. The van der Waals surface area contributed by atoms with Crippen molar-refractivity contribution in [3.8, 4) is 0 Å². The number of nitrogens with zero attached hydrogens (tertiary/aromatic N) is 3. The normalized spacial score (nSPS) is 18.2. The van der Waals surface area contributed by atoms with E-state index in [1.165, 1.54) is 0 Å². The first kappa shape index (κ1) is 27.9. The van der Waals surface area contributed by atoms with Gasteiger partial charge in [-0.1, -0.05) is 66.7 Å². The molecule has 5 nitrogen and oxygen atoms in total. The van der Waals surface area contributed by atoms with Crippen LogP contribution in [0.25, 0.3) is 0 Å². The van der Waals surface area contributed by atoms with Gasteiger partial charge in [0.15, 0.2) is 0 Å². The fraction of sp³-hybridized carbons (Fsp3) is 0.174. The number of hydrogen-bond acceptors (Lipinski definition) is 5. The third-order valence-electron chi connectivity index (χ3n) is 4.86. The Labute approximate surface area is 216 Å². The summed E-state index contributed by atoms with van der Waals surface area (Å²) in [6.07, 6.45) is 0. The van der Waals surface area contributed by atoms with E-state index < -0.39 is 0 Å². The Bertz CT molecular complexity index is 972. The molecule has 2 atom stereocenters. The molecule has 0 fully saturated rings. The Balaban J connectivity index is 0.00000128. The van der Waals surface area contributed by atoms with Crippen molar-refractivity contribution in [1.82, 2.24) is 4.98 Å². The molecule has 0 saturated carbocycles. The van der Waals surface area contributed by atoms with Crippen LogP contribution in [0.15, 0.2) is 88.8 Å². The van der Waals surface area contributed by atoms with Gasteiger partial charge in [-0.2, -0.15) is 0 Å². The first-order valence-corrected chi connectivity index (χ1v) is 9.36. The summed E-state index contributed by atoms with van der Waals surface area (Å²) in [7, 11) is 0. The van der Waals surface area contributed by atoms with Crippen molar-refractivity contribution in [1.29, 1.82) is 0 Å². The Morgan fingerprint density at radius 3 is 1.38 bits per heavy atom. The maximum Gasteiger partial charge on any atom is 3.00 e. The van der Waals surface area contributed by atoms with Crippen LogP contribution in [0.4, 0.5) is 0 Å². The number of halogens is 3. The van der Waals surface area contributed by atoms with Crippen LogP contribution in [0.3, 0.4) is 0 Å². The van der Waals surface area contributed by atoms with Gasteiger partial charge in [0.25, 0.3) is 0 Å². The van der Waals surface area contributed by atoms with Gasteiger partial charge < -0.3 is 46.7 Å². The molecule has 0 amide bonds. The van der Waals surface area contributed by atoms with Gasteiger partial charge in [0, 0.05) is 0 Å². The van der Waals surface area contributed by atoms with E-state index in [2.05, 4.69) is 29.2 Å². The van der Waals surface area contributed by atoms with Crippen molar-refractivity contribution >= 4 is 11.8 Å². The predicted molar refractivity (Wildman–Crippen MR) is 108 cm³/mol. The third kappa shape index (κ3) is 6.03. The van der Waals surface area contributed by atoms with Crippen molar-refractivity contribution < 1.29 is 63.5 Å². The first-order chi connectivity index (χ1) is 13.9. The van der Waals surface area contributed by atoms with Gasteiger partial charge in [-0.3, -0.25) is 0 Å². The van der Waals surface area contributed by atoms with Gasteiger partial charge >= 0.3 is 16.8 Å². The first-order valence-electron chi connectivity index (χ1n) is 9.36. The van der Waals surface area contributed by atoms with E-state index in [0.717, 1.165) is 11.1 Å². The average Bonchev–Trinajstić information content (AvgIpc) is 3.46. The fourth-order valence-electron chi connectivity index (χ4n) is 3.39. The molecule has 1 aromatic heterocycles. The summed E-state index contributed by atoms with van der Waals surface area (Å²) in [5, 5.41) is 0. The van der Waals surface area contributed by atoms with Crippen LogP contribution in [0.2, 0.25) is 0 Å². The van der Waals surface area contributed by atoms with E-state index in [-0.39, 0.29) is 66.1 Å². The summed E-state index contributed by atoms with van der Waals surface area (Å²) in [5.74, 6) is 1.13. The van der Waals surface area contributed by atoms with Crippen LogP contribution >= 0.6 is 0 Å². The van der Waals surface area contributed by atoms with Crippen LogP contribution in [0, 0.1) is 0 Å². The second-order valence-corrected chi connectivity index (χ2v) is 6.75. The van der Waals surface area contributed by atoms with Crippen molar-refractivity contribution in [2.24, 2.45) is 9.98 Å². The topological polar surface area (TPSA) is 56.1 Å². The maximum atomic E-state index is 5.82. The predicted octanol–water partition coefficient (Wildman–Crippen LogP) is -4.87. The number of benzene rings is 2. The zero-order valence-electron chi connectivity index (χ0n) is 16.7. The summed E-state index contributed by atoms with van der Waals surface area (Å²) in [6, 6.07) is 26.1. The molecular weight excluding hydrogens is 516 g/mol. The molecule has 5 rings (SSSR count). The number of pyridine rings is 1. The summed E-state index contributed by atoms with van der Waals surface area (Å²) in [4.78, 5) is 14.1. The number of aliphatic imine (C=N–C) groups is 2. The van der Waals surface area contributed by atoms with Crippen LogP contribution in [0.1, 0.15) is 34.6 Å². The standard InChI is InChI=1S/C23H19N3O2.3ClH.Co/c1-3-8-16(9-4-1)20-14-27-22(25-20)18-12-7-13-19(24-18)23-26-21(15-28-23)17-10-5-2-6-11-17;;;;/h1-13,20-21H,14-15H2;3*1H;/q;;;;+3/p-3. The molecule has 168 valence electrons. The van der Waals surface area contributed by atoms with Crippen LogP contribution in [-0.2, 0) is 26.3 Å². The minimum absolute atomic E-state index is 0. The molecular formula is C23H19Cl3CoN3O2. The molecule has 0 bridgehead atoms. The summed E-state index contributed by atoms with van der Waals surface area (Å²) in [6.45, 7) is 1.05. The Hall–Kier alpha value is -2.09. The Morgan fingerprint density at radius 1 is 0.562 bits per heavy atom. The smallest absolute Gasteiger partial charge is 1.00 e. The van der Waals surface area contributed by atoms with Gasteiger partial charge in [0.05, 0.1) is 0 Å². The van der Waals surface area contributed by atoms with Gasteiger partial charge in [0.1, 0.15) is 36.7 Å². The Kier molecular flexibility index (Phi) is 11.2. The van der Waals surface area contributed by atoms with Crippen molar-refractivity contribution in [3.63, 3.8) is 0 Å². The fourth-order valence-corrected chi connectivity index (χ4v) is 3.39. The van der Waals surface area contributed by atoms with Crippen LogP contribution < -0.4 is 37.2 Å². The van der Waals surface area contributed by atoms with E-state index in [1.54, 1.807) is 0 Å². The number of rotatable bonds is 4. The van der Waals surface area contributed by atoms with E-state index in [0.29, 0.717) is 36.4 Å². The molecule has 0 saturated heterocycles. The van der Waals surface area contributed by atoms with Crippen LogP contribution in [-0.4, -0.2) is 30.0 Å². The van der Waals surface area contributed by atoms with E-state index in [9.17, 15) is 0 Å². The number of ether oxygens (including phenoxy) is 2. The molecule has 3 heterocycles. The number of hydrogen-bond donors (Lipinski definition) is 0. The molecule has 2 aliphatic heterocycles. The van der Waals surface area contributed by atoms with Gasteiger partial charge in [0.2, 0.25) is 11.8 Å². The quantitative estimate of drug-likeness (QED) is 0.338. The zero-order valence-corrected chi connectivity index (χ0v) is 20.0. The van der Waals surface area contributed by atoms with Crippen molar-refractivity contribution in [3.05, 3.63) is 101 Å². The molecule has 2 aromatic carbocycles. The van der Waals surface area contributed by atoms with Crippen LogP contribution in [0.5, 0.6) is 0 Å². The molecule has 9 heteroatoms. The molecule has 32 heavy (non-hydrogen) atoms. The molecule has 2 unspecified atom stereocenters. The maximum absolute atomic E-state index is 5.82. The van der Waals surface area contributed by atoms with E-state index in [1.807, 2.05) is 54.6 Å². The Morgan fingerprint density at radius 2 is 0.969 bits per heavy atom. The van der Waals surface area contributed by atoms with E-state index >= 15 is 0 Å². The van der Waals surface area contributed by atoms with E-state index in [4.69, 9.17) is 19.5 Å². The molecule has 2 aliphatic rings. The SMILES string of the molecule is [Cl-].[Cl-].[Cl-].[Co+3].c1ccc(C2COC(c3cccc(C4=NC(c5ccccc5)CO4)n3)=N2)cc1. The minimum Gasteiger partial charge on any atom is -1.00 e. The molecule has 0 spiro atoms.